The molecule has 0 aliphatic carbocycles. The molecule has 1 aromatic rings. The van der Waals surface area contributed by atoms with Crippen LogP contribution >= 0.6 is 0 Å². The van der Waals surface area contributed by atoms with Gasteiger partial charge in [0.25, 0.3) is 0 Å². The molecular weight excluding hydrogens is 226 g/mol. The normalized spacial score (nSPS) is 10.1. The summed E-state index contributed by atoms with van der Waals surface area (Å²) < 4.78 is 0. The lowest BCUT2D eigenvalue weighted by Gasteiger charge is -2.08. The average Bonchev–Trinajstić information content (AvgIpc) is 2.36. The van der Waals surface area contributed by atoms with Gasteiger partial charge in [0.15, 0.2) is 0 Å². The van der Waals surface area contributed by atoms with Crippen molar-refractivity contribution in [3.8, 4) is 6.07 Å². The number of carbonyl (C=O) groups is 1. The van der Waals surface area contributed by atoms with Crippen molar-refractivity contribution < 1.29 is 4.79 Å². The first-order valence-corrected chi connectivity index (χ1v) is 6.11. The summed E-state index contributed by atoms with van der Waals surface area (Å²) in [4.78, 5) is 11.5. The highest BCUT2D eigenvalue weighted by Gasteiger charge is 2.02. The molecule has 0 aromatic heterocycles. The van der Waals surface area contributed by atoms with Gasteiger partial charge in [-0.25, -0.2) is 0 Å². The maximum atomic E-state index is 11.5. The molecule has 96 valence electrons. The van der Waals surface area contributed by atoms with Gasteiger partial charge in [-0.3, -0.25) is 4.79 Å². The largest absolute Gasteiger partial charge is 0.352 e. The molecule has 0 atom stereocenters. The Bertz CT molecular complexity index is 435. The van der Waals surface area contributed by atoms with Crippen LogP contribution in [0.3, 0.4) is 0 Å². The minimum Gasteiger partial charge on any atom is -0.352 e. The van der Waals surface area contributed by atoms with Gasteiger partial charge in [-0.15, -0.1) is 0 Å². The van der Waals surface area contributed by atoms with Gasteiger partial charge < -0.3 is 10.6 Å². The van der Waals surface area contributed by atoms with Gasteiger partial charge in [0.05, 0.1) is 11.6 Å². The standard InChI is InChI=1S/C14H19N3O/c1-11(2)16-7-6-14(18)17-10-13-5-3-4-12(8-13)9-15/h3-5,8,11,16H,6-7,10H2,1-2H3,(H,17,18). The summed E-state index contributed by atoms with van der Waals surface area (Å²) >= 11 is 0. The van der Waals surface area contributed by atoms with Crippen molar-refractivity contribution in [2.75, 3.05) is 6.54 Å². The summed E-state index contributed by atoms with van der Waals surface area (Å²) in [5.74, 6) is 0.0190. The lowest BCUT2D eigenvalue weighted by atomic mass is 10.1. The molecule has 0 heterocycles. The number of benzene rings is 1. The molecule has 0 saturated carbocycles. The third kappa shape index (κ3) is 5.46. The second kappa shape index (κ2) is 7.46. The summed E-state index contributed by atoms with van der Waals surface area (Å²) in [5.41, 5.74) is 1.56. The molecule has 18 heavy (non-hydrogen) atoms. The molecule has 4 nitrogen and oxygen atoms in total. The van der Waals surface area contributed by atoms with Gasteiger partial charge >= 0.3 is 0 Å². The Labute approximate surface area is 108 Å². The molecule has 0 aliphatic rings. The van der Waals surface area contributed by atoms with Crippen molar-refractivity contribution in [1.82, 2.24) is 10.6 Å². The maximum absolute atomic E-state index is 11.5. The zero-order valence-electron chi connectivity index (χ0n) is 10.9. The first-order chi connectivity index (χ1) is 8.61. The monoisotopic (exact) mass is 245 g/mol. The smallest absolute Gasteiger partial charge is 0.221 e. The molecule has 0 spiro atoms. The second-order valence-corrected chi connectivity index (χ2v) is 4.45. The molecule has 1 amide bonds. The van der Waals surface area contributed by atoms with E-state index in [4.69, 9.17) is 5.26 Å². The van der Waals surface area contributed by atoms with E-state index in [0.29, 0.717) is 31.1 Å². The summed E-state index contributed by atoms with van der Waals surface area (Å²) in [6.45, 7) is 5.24. The fourth-order valence-corrected chi connectivity index (χ4v) is 1.51. The van der Waals surface area contributed by atoms with E-state index in [1.165, 1.54) is 0 Å². The number of nitrogens with zero attached hydrogens (tertiary/aromatic N) is 1. The van der Waals surface area contributed by atoms with Crippen molar-refractivity contribution in [2.45, 2.75) is 32.9 Å². The zero-order valence-corrected chi connectivity index (χ0v) is 10.9. The van der Waals surface area contributed by atoms with Crippen molar-refractivity contribution in [3.05, 3.63) is 35.4 Å². The van der Waals surface area contributed by atoms with E-state index in [1.807, 2.05) is 26.0 Å². The Hall–Kier alpha value is -1.86. The Morgan fingerprint density at radius 3 is 2.89 bits per heavy atom. The van der Waals surface area contributed by atoms with Crippen LogP contribution in [0, 0.1) is 11.3 Å². The average molecular weight is 245 g/mol. The molecular formula is C14H19N3O. The van der Waals surface area contributed by atoms with E-state index in [1.54, 1.807) is 12.1 Å². The zero-order chi connectivity index (χ0) is 13.4. The third-order valence-electron chi connectivity index (χ3n) is 2.45. The lowest BCUT2D eigenvalue weighted by molar-refractivity contribution is -0.121. The number of carbonyl (C=O) groups excluding carboxylic acids is 1. The molecule has 4 heteroatoms. The SMILES string of the molecule is CC(C)NCCC(=O)NCc1cccc(C#N)c1. The highest BCUT2D eigenvalue weighted by atomic mass is 16.1. The minimum absolute atomic E-state index is 0.0190. The van der Waals surface area contributed by atoms with Crippen LogP contribution in [0.1, 0.15) is 31.4 Å². The van der Waals surface area contributed by atoms with Gasteiger partial charge in [0.2, 0.25) is 5.91 Å². The van der Waals surface area contributed by atoms with E-state index < -0.39 is 0 Å². The summed E-state index contributed by atoms with van der Waals surface area (Å²) in [5, 5.41) is 14.8. The third-order valence-corrected chi connectivity index (χ3v) is 2.45. The van der Waals surface area contributed by atoms with Crippen LogP contribution in [0.2, 0.25) is 0 Å². The summed E-state index contributed by atoms with van der Waals surface area (Å²) in [6.07, 6.45) is 0.468. The van der Waals surface area contributed by atoms with Crippen LogP contribution in [0.25, 0.3) is 0 Å². The number of rotatable bonds is 6. The van der Waals surface area contributed by atoms with Crippen molar-refractivity contribution >= 4 is 5.91 Å². The summed E-state index contributed by atoms with van der Waals surface area (Å²) in [7, 11) is 0. The number of nitriles is 1. The van der Waals surface area contributed by atoms with Crippen LogP contribution in [-0.4, -0.2) is 18.5 Å². The second-order valence-electron chi connectivity index (χ2n) is 4.45. The molecule has 1 aromatic carbocycles. The quantitative estimate of drug-likeness (QED) is 0.799. The van der Waals surface area contributed by atoms with Crippen LogP contribution in [0.4, 0.5) is 0 Å². The van der Waals surface area contributed by atoms with E-state index in [-0.39, 0.29) is 5.91 Å². The van der Waals surface area contributed by atoms with Gasteiger partial charge in [0.1, 0.15) is 0 Å². The van der Waals surface area contributed by atoms with Crippen LogP contribution < -0.4 is 10.6 Å². The Balaban J connectivity index is 2.31. The first kappa shape index (κ1) is 14.2. The fraction of sp³-hybridized carbons (Fsp3) is 0.429. The molecule has 0 fully saturated rings. The Morgan fingerprint density at radius 1 is 1.44 bits per heavy atom. The molecule has 0 aliphatic heterocycles. The first-order valence-electron chi connectivity index (χ1n) is 6.11. The Morgan fingerprint density at radius 2 is 2.22 bits per heavy atom. The van der Waals surface area contributed by atoms with E-state index in [0.717, 1.165) is 5.56 Å². The van der Waals surface area contributed by atoms with E-state index in [9.17, 15) is 4.79 Å². The molecule has 0 radical (unpaired) electrons. The number of hydrogen-bond donors (Lipinski definition) is 2. The molecule has 0 saturated heterocycles. The minimum atomic E-state index is 0.0190. The molecule has 0 bridgehead atoms. The fourth-order valence-electron chi connectivity index (χ4n) is 1.51. The predicted octanol–water partition coefficient (Wildman–Crippen LogP) is 1.56. The van der Waals surface area contributed by atoms with E-state index in [2.05, 4.69) is 16.7 Å². The van der Waals surface area contributed by atoms with Crippen molar-refractivity contribution in [2.24, 2.45) is 0 Å². The highest BCUT2D eigenvalue weighted by Crippen LogP contribution is 2.03. The molecule has 2 N–H and O–H groups in total. The molecule has 0 unspecified atom stereocenters. The van der Waals surface area contributed by atoms with Gasteiger partial charge in [-0.05, 0) is 17.7 Å². The van der Waals surface area contributed by atoms with Crippen molar-refractivity contribution in [3.63, 3.8) is 0 Å². The van der Waals surface area contributed by atoms with Gasteiger partial charge in [-0.2, -0.15) is 5.26 Å². The lowest BCUT2D eigenvalue weighted by Crippen LogP contribution is -2.30. The van der Waals surface area contributed by atoms with Gasteiger partial charge in [-0.1, -0.05) is 26.0 Å². The van der Waals surface area contributed by atoms with Crippen LogP contribution in [0.5, 0.6) is 0 Å². The Kier molecular flexibility index (Phi) is 5.89. The highest BCUT2D eigenvalue weighted by molar-refractivity contribution is 5.76. The van der Waals surface area contributed by atoms with Crippen LogP contribution in [0.15, 0.2) is 24.3 Å². The summed E-state index contributed by atoms with van der Waals surface area (Å²) in [6, 6.07) is 9.72. The van der Waals surface area contributed by atoms with E-state index >= 15 is 0 Å². The van der Waals surface area contributed by atoms with Gasteiger partial charge in [0, 0.05) is 25.6 Å². The number of hydrogen-bond acceptors (Lipinski definition) is 3. The van der Waals surface area contributed by atoms with Crippen molar-refractivity contribution in [1.29, 1.82) is 5.26 Å². The number of amides is 1. The topological polar surface area (TPSA) is 64.9 Å². The van der Waals surface area contributed by atoms with Crippen LogP contribution in [-0.2, 0) is 11.3 Å². The predicted molar refractivity (Wildman–Crippen MR) is 70.8 cm³/mol. The molecule has 1 rings (SSSR count). The number of nitrogens with one attached hydrogen (secondary N) is 2. The maximum Gasteiger partial charge on any atom is 0.221 e.